The van der Waals surface area contributed by atoms with Crippen LogP contribution in [0.1, 0.15) is 11.1 Å². The monoisotopic (exact) mass is 300 g/mol. The summed E-state index contributed by atoms with van der Waals surface area (Å²) in [6.45, 7) is 2.45. The molecule has 0 aliphatic carbocycles. The molecule has 0 spiro atoms. The number of anilines is 1. The molecule has 2 nitrogen and oxygen atoms in total. The molecule has 0 bridgehead atoms. The van der Waals surface area contributed by atoms with Gasteiger partial charge in [-0.3, -0.25) is 0 Å². The van der Waals surface area contributed by atoms with Crippen molar-refractivity contribution in [1.82, 2.24) is 4.98 Å². The minimum Gasteiger partial charge on any atom is -0.380 e. The molecule has 0 saturated heterocycles. The number of aryl methyl sites for hydroxylation is 1. The van der Waals surface area contributed by atoms with Crippen LogP contribution in [0.4, 0.5) is 5.69 Å². The highest BCUT2D eigenvalue weighted by molar-refractivity contribution is 6.36. The van der Waals surface area contributed by atoms with Crippen molar-refractivity contribution in [3.05, 3.63) is 56.8 Å². The first-order chi connectivity index (χ1) is 8.58. The molecule has 0 unspecified atom stereocenters. The van der Waals surface area contributed by atoms with Crippen molar-refractivity contribution in [2.75, 3.05) is 5.32 Å². The zero-order chi connectivity index (χ0) is 13.1. The van der Waals surface area contributed by atoms with Crippen molar-refractivity contribution in [2.45, 2.75) is 13.5 Å². The van der Waals surface area contributed by atoms with E-state index in [1.165, 1.54) is 0 Å². The van der Waals surface area contributed by atoms with Crippen molar-refractivity contribution in [2.24, 2.45) is 0 Å². The van der Waals surface area contributed by atoms with E-state index in [1.807, 2.05) is 31.2 Å². The number of hydrogen-bond acceptors (Lipinski definition) is 2. The molecule has 18 heavy (non-hydrogen) atoms. The summed E-state index contributed by atoms with van der Waals surface area (Å²) < 4.78 is 0. The van der Waals surface area contributed by atoms with Crippen LogP contribution in [-0.2, 0) is 6.54 Å². The van der Waals surface area contributed by atoms with E-state index < -0.39 is 0 Å². The van der Waals surface area contributed by atoms with Crippen LogP contribution >= 0.6 is 34.8 Å². The molecule has 1 heterocycles. The lowest BCUT2D eigenvalue weighted by Gasteiger charge is -2.10. The molecular formula is C13H11Cl3N2. The Morgan fingerprint density at radius 1 is 1.17 bits per heavy atom. The minimum absolute atomic E-state index is 0.510. The fraction of sp³-hybridized carbons (Fsp3) is 0.154. The van der Waals surface area contributed by atoms with E-state index in [0.29, 0.717) is 21.7 Å². The largest absolute Gasteiger partial charge is 0.380 e. The number of halogens is 3. The first-order valence-electron chi connectivity index (χ1n) is 5.37. The zero-order valence-corrected chi connectivity index (χ0v) is 11.9. The zero-order valence-electron chi connectivity index (χ0n) is 9.67. The Morgan fingerprint density at radius 2 is 1.83 bits per heavy atom. The number of aromatic nitrogens is 1. The molecule has 1 aromatic carbocycles. The summed E-state index contributed by atoms with van der Waals surface area (Å²) in [6.07, 6.45) is 1.68. The molecule has 0 aliphatic rings. The normalized spacial score (nSPS) is 10.4. The number of nitrogens with zero attached hydrogens (tertiary/aromatic N) is 1. The number of rotatable bonds is 3. The Hall–Kier alpha value is -0.960. The fourth-order valence-corrected chi connectivity index (χ4v) is 2.18. The Bertz CT molecular complexity index is 550. The van der Waals surface area contributed by atoms with Gasteiger partial charge in [0.25, 0.3) is 0 Å². The SMILES string of the molecule is Cc1cc(NCc2c(Cl)cccc2Cl)cnc1Cl. The van der Waals surface area contributed by atoms with E-state index in [2.05, 4.69) is 10.3 Å². The van der Waals surface area contributed by atoms with Gasteiger partial charge in [-0.2, -0.15) is 0 Å². The summed E-state index contributed by atoms with van der Waals surface area (Å²) in [4.78, 5) is 4.07. The standard InChI is InChI=1S/C13H11Cl3N2/c1-8-5-9(6-18-13(8)16)17-7-10-11(14)3-2-4-12(10)15/h2-6,17H,7H2,1H3. The molecule has 1 aromatic heterocycles. The van der Waals surface area contributed by atoms with Crippen molar-refractivity contribution >= 4 is 40.5 Å². The van der Waals surface area contributed by atoms with Crippen LogP contribution in [0.25, 0.3) is 0 Å². The molecule has 1 N–H and O–H groups in total. The van der Waals surface area contributed by atoms with Gasteiger partial charge >= 0.3 is 0 Å². The van der Waals surface area contributed by atoms with Crippen molar-refractivity contribution in [3.8, 4) is 0 Å². The van der Waals surface area contributed by atoms with E-state index in [4.69, 9.17) is 34.8 Å². The second kappa shape index (κ2) is 5.79. The minimum atomic E-state index is 0.510. The molecule has 0 atom stereocenters. The van der Waals surface area contributed by atoms with E-state index in [1.54, 1.807) is 6.20 Å². The molecule has 2 rings (SSSR count). The van der Waals surface area contributed by atoms with Crippen LogP contribution in [-0.4, -0.2) is 4.98 Å². The Kier molecular flexibility index (Phi) is 4.33. The van der Waals surface area contributed by atoms with Gasteiger partial charge in [0.15, 0.2) is 0 Å². The molecule has 0 aliphatic heterocycles. The van der Waals surface area contributed by atoms with Crippen LogP contribution in [0, 0.1) is 6.92 Å². The quantitative estimate of drug-likeness (QED) is 0.810. The predicted octanol–water partition coefficient (Wildman–Crippen LogP) is 4.96. The topological polar surface area (TPSA) is 24.9 Å². The number of nitrogens with one attached hydrogen (secondary N) is 1. The van der Waals surface area contributed by atoms with Crippen LogP contribution < -0.4 is 5.32 Å². The van der Waals surface area contributed by atoms with E-state index >= 15 is 0 Å². The molecule has 0 fully saturated rings. The van der Waals surface area contributed by atoms with E-state index in [0.717, 1.165) is 16.8 Å². The number of pyridine rings is 1. The molecule has 94 valence electrons. The van der Waals surface area contributed by atoms with Gasteiger partial charge < -0.3 is 5.32 Å². The summed E-state index contributed by atoms with van der Waals surface area (Å²) in [6, 6.07) is 7.38. The molecule has 0 amide bonds. The summed E-state index contributed by atoms with van der Waals surface area (Å²) >= 11 is 18.0. The number of hydrogen-bond donors (Lipinski definition) is 1. The molecule has 0 saturated carbocycles. The summed E-state index contributed by atoms with van der Waals surface area (Å²) in [5.74, 6) is 0. The van der Waals surface area contributed by atoms with Crippen LogP contribution in [0.3, 0.4) is 0 Å². The van der Waals surface area contributed by atoms with Gasteiger partial charge in [-0.25, -0.2) is 4.98 Å². The van der Waals surface area contributed by atoms with Gasteiger partial charge in [0, 0.05) is 22.2 Å². The Morgan fingerprint density at radius 3 is 2.44 bits per heavy atom. The van der Waals surface area contributed by atoms with Gasteiger partial charge in [-0.15, -0.1) is 0 Å². The highest BCUT2D eigenvalue weighted by atomic mass is 35.5. The average molecular weight is 302 g/mol. The number of benzene rings is 1. The third-order valence-corrected chi connectivity index (χ3v) is 3.65. The van der Waals surface area contributed by atoms with Crippen molar-refractivity contribution < 1.29 is 0 Å². The van der Waals surface area contributed by atoms with Crippen molar-refractivity contribution in [3.63, 3.8) is 0 Å². The lowest BCUT2D eigenvalue weighted by atomic mass is 10.2. The second-order valence-electron chi connectivity index (χ2n) is 3.89. The fourth-order valence-electron chi connectivity index (χ4n) is 1.55. The van der Waals surface area contributed by atoms with Crippen molar-refractivity contribution in [1.29, 1.82) is 0 Å². The van der Waals surface area contributed by atoms with Gasteiger partial charge in [0.05, 0.1) is 11.9 Å². The van der Waals surface area contributed by atoms with Crippen LogP contribution in [0.5, 0.6) is 0 Å². The summed E-state index contributed by atoms with van der Waals surface area (Å²) in [7, 11) is 0. The van der Waals surface area contributed by atoms with Gasteiger partial charge in [-0.1, -0.05) is 40.9 Å². The summed E-state index contributed by atoms with van der Waals surface area (Å²) in [5.41, 5.74) is 2.67. The molecule has 0 radical (unpaired) electrons. The predicted molar refractivity (Wildman–Crippen MR) is 77.8 cm³/mol. The highest BCUT2D eigenvalue weighted by Crippen LogP contribution is 2.25. The van der Waals surface area contributed by atoms with E-state index in [9.17, 15) is 0 Å². The van der Waals surface area contributed by atoms with Crippen LogP contribution in [0.2, 0.25) is 15.2 Å². The first kappa shape index (κ1) is 13.5. The smallest absolute Gasteiger partial charge is 0.132 e. The van der Waals surface area contributed by atoms with Gasteiger partial charge in [-0.05, 0) is 30.7 Å². The maximum atomic E-state index is 6.09. The molecule has 5 heteroatoms. The second-order valence-corrected chi connectivity index (χ2v) is 5.06. The average Bonchev–Trinajstić information content (AvgIpc) is 2.33. The third-order valence-electron chi connectivity index (χ3n) is 2.55. The molecular weight excluding hydrogens is 291 g/mol. The Labute approximate surface area is 121 Å². The maximum Gasteiger partial charge on any atom is 0.132 e. The third kappa shape index (κ3) is 3.08. The lowest BCUT2D eigenvalue weighted by Crippen LogP contribution is -2.01. The highest BCUT2D eigenvalue weighted by Gasteiger charge is 2.05. The maximum absolute atomic E-state index is 6.09. The van der Waals surface area contributed by atoms with Crippen LogP contribution in [0.15, 0.2) is 30.5 Å². The lowest BCUT2D eigenvalue weighted by molar-refractivity contribution is 1.13. The van der Waals surface area contributed by atoms with E-state index in [-0.39, 0.29) is 0 Å². The Balaban J connectivity index is 2.14. The van der Waals surface area contributed by atoms with Gasteiger partial charge in [0.2, 0.25) is 0 Å². The molecule has 2 aromatic rings. The first-order valence-corrected chi connectivity index (χ1v) is 6.50. The van der Waals surface area contributed by atoms with Gasteiger partial charge in [0.1, 0.15) is 5.15 Å². The summed E-state index contributed by atoms with van der Waals surface area (Å²) in [5, 5.41) is 5.02.